The molecule has 0 radical (unpaired) electrons. The van der Waals surface area contributed by atoms with E-state index in [0.717, 1.165) is 12.8 Å². The summed E-state index contributed by atoms with van der Waals surface area (Å²) in [6, 6.07) is 4.83. The van der Waals surface area contributed by atoms with Crippen LogP contribution in [0.1, 0.15) is 36.2 Å². The van der Waals surface area contributed by atoms with Gasteiger partial charge in [0.2, 0.25) is 5.43 Å². The lowest BCUT2D eigenvalue weighted by molar-refractivity contribution is 0.0695. The van der Waals surface area contributed by atoms with Crippen LogP contribution in [0.15, 0.2) is 29.2 Å². The summed E-state index contributed by atoms with van der Waals surface area (Å²) in [5.74, 6) is -1.64. The van der Waals surface area contributed by atoms with Gasteiger partial charge in [-0.05, 0) is 52.1 Å². The van der Waals surface area contributed by atoms with Crippen LogP contribution in [0, 0.1) is 5.82 Å². The molecule has 1 saturated heterocycles. The third-order valence-corrected chi connectivity index (χ3v) is 6.52. The van der Waals surface area contributed by atoms with Crippen LogP contribution >= 0.6 is 0 Å². The van der Waals surface area contributed by atoms with Crippen LogP contribution in [-0.4, -0.2) is 58.3 Å². The van der Waals surface area contributed by atoms with Crippen LogP contribution in [-0.2, 0) is 0 Å². The van der Waals surface area contributed by atoms with Gasteiger partial charge in [0.05, 0.1) is 22.1 Å². The Morgan fingerprint density at radius 2 is 1.97 bits per heavy atom. The van der Waals surface area contributed by atoms with Crippen molar-refractivity contribution in [3.05, 3.63) is 46.0 Å². The van der Waals surface area contributed by atoms with Crippen LogP contribution in [0.4, 0.5) is 10.1 Å². The molecule has 156 valence electrons. The summed E-state index contributed by atoms with van der Waals surface area (Å²) in [5, 5.41) is 10.1. The number of likely N-dealkylation sites (N-methyl/N-ethyl adjacent to an activating group) is 1. The van der Waals surface area contributed by atoms with Crippen LogP contribution < -0.4 is 10.3 Å². The van der Waals surface area contributed by atoms with Crippen LogP contribution in [0.3, 0.4) is 0 Å². The van der Waals surface area contributed by atoms with Gasteiger partial charge >= 0.3 is 5.97 Å². The van der Waals surface area contributed by atoms with Gasteiger partial charge in [0.25, 0.3) is 0 Å². The Kier molecular flexibility index (Phi) is 3.96. The highest BCUT2D eigenvalue weighted by Gasteiger charge is 2.41. The van der Waals surface area contributed by atoms with Crippen LogP contribution in [0.2, 0.25) is 0 Å². The molecule has 1 aromatic carbocycles. The molecule has 0 atom stereocenters. The molecule has 2 fully saturated rings. The summed E-state index contributed by atoms with van der Waals surface area (Å²) in [6.07, 6.45) is 3.23. The van der Waals surface area contributed by atoms with Gasteiger partial charge in [0, 0.05) is 30.7 Å². The van der Waals surface area contributed by atoms with Crippen molar-refractivity contribution >= 4 is 33.6 Å². The zero-order valence-corrected chi connectivity index (χ0v) is 17.1. The average Bonchev–Trinajstić information content (AvgIpc) is 3.49. The Morgan fingerprint density at radius 1 is 1.27 bits per heavy atom. The number of rotatable bonds is 4. The minimum Gasteiger partial charge on any atom is -0.477 e. The molecule has 7 nitrogen and oxygen atoms in total. The number of hydrogen-bond donors (Lipinski definition) is 1. The molecule has 30 heavy (non-hydrogen) atoms. The van der Waals surface area contributed by atoms with Gasteiger partial charge in [0.15, 0.2) is 0 Å². The quantitative estimate of drug-likeness (QED) is 0.667. The maximum Gasteiger partial charge on any atom is 0.341 e. The Hall–Kier alpha value is -3.00. The first-order chi connectivity index (χ1) is 14.2. The number of aromatic carboxylic acids is 1. The van der Waals surface area contributed by atoms with Gasteiger partial charge in [0.1, 0.15) is 17.0 Å². The summed E-state index contributed by atoms with van der Waals surface area (Å²) in [4.78, 5) is 33.1. The molecular formula is C22H23FN4O3. The first kappa shape index (κ1) is 19.0. The van der Waals surface area contributed by atoms with Crippen molar-refractivity contribution in [2.75, 3.05) is 32.1 Å². The maximum absolute atomic E-state index is 14.9. The first-order valence-electron chi connectivity index (χ1n) is 10.0. The number of carboxylic acids is 1. The normalized spacial score (nSPS) is 18.2. The summed E-state index contributed by atoms with van der Waals surface area (Å²) >= 11 is 0. The molecule has 5 rings (SSSR count). The van der Waals surface area contributed by atoms with Crippen molar-refractivity contribution in [3.8, 4) is 0 Å². The van der Waals surface area contributed by atoms with E-state index in [1.165, 1.54) is 12.3 Å². The zero-order valence-electron chi connectivity index (χ0n) is 17.1. The second-order valence-corrected chi connectivity index (χ2v) is 8.92. The highest BCUT2D eigenvalue weighted by Crippen LogP contribution is 2.38. The fourth-order valence-corrected chi connectivity index (χ4v) is 4.20. The lowest BCUT2D eigenvalue weighted by Crippen LogP contribution is -2.67. The Balaban J connectivity index is 1.67. The number of halogens is 1. The molecule has 1 aliphatic carbocycles. The van der Waals surface area contributed by atoms with Gasteiger partial charge in [-0.1, -0.05) is 0 Å². The molecule has 2 aromatic heterocycles. The van der Waals surface area contributed by atoms with E-state index in [9.17, 15) is 19.1 Å². The van der Waals surface area contributed by atoms with Crippen molar-refractivity contribution in [2.45, 2.75) is 31.3 Å². The third-order valence-electron chi connectivity index (χ3n) is 6.52. The minimum atomic E-state index is -1.26. The van der Waals surface area contributed by atoms with E-state index in [-0.39, 0.29) is 28.3 Å². The van der Waals surface area contributed by atoms with Crippen molar-refractivity contribution in [3.63, 3.8) is 0 Å². The van der Waals surface area contributed by atoms with E-state index in [0.29, 0.717) is 35.3 Å². The Bertz CT molecular complexity index is 1270. The lowest BCUT2D eigenvalue weighted by atomic mass is 9.90. The predicted octanol–water partition coefficient (Wildman–Crippen LogP) is 2.86. The summed E-state index contributed by atoms with van der Waals surface area (Å²) in [6.45, 7) is 3.57. The van der Waals surface area contributed by atoms with Crippen LogP contribution in [0.25, 0.3) is 21.9 Å². The number of aromatic nitrogens is 2. The SMILES string of the molecule is CN(C)C1(C)CN(c2cc3nc4c(cc3cc2F)c(=O)c(C(=O)O)cn4C2CC2)C1. The fourth-order valence-electron chi connectivity index (χ4n) is 4.20. The van der Waals surface area contributed by atoms with Gasteiger partial charge in [-0.2, -0.15) is 0 Å². The van der Waals surface area contributed by atoms with E-state index in [4.69, 9.17) is 0 Å². The molecule has 1 saturated carbocycles. The van der Waals surface area contributed by atoms with Crippen molar-refractivity contribution < 1.29 is 14.3 Å². The number of benzene rings is 1. The number of anilines is 1. The van der Waals surface area contributed by atoms with E-state index < -0.39 is 11.4 Å². The zero-order chi connectivity index (χ0) is 21.4. The fraction of sp³-hybridized carbons (Fsp3) is 0.409. The number of pyridine rings is 2. The molecule has 0 bridgehead atoms. The predicted molar refractivity (Wildman–Crippen MR) is 113 cm³/mol. The minimum absolute atomic E-state index is 0.00209. The molecule has 1 N–H and O–H groups in total. The highest BCUT2D eigenvalue weighted by molar-refractivity contribution is 5.97. The number of carbonyl (C=O) groups is 1. The van der Waals surface area contributed by atoms with E-state index >= 15 is 0 Å². The molecule has 2 aliphatic rings. The number of hydrogen-bond acceptors (Lipinski definition) is 5. The van der Waals surface area contributed by atoms with Crippen LogP contribution in [0.5, 0.6) is 0 Å². The molecule has 3 aromatic rings. The van der Waals surface area contributed by atoms with Crippen molar-refractivity contribution in [1.29, 1.82) is 0 Å². The molecular weight excluding hydrogens is 387 g/mol. The monoisotopic (exact) mass is 410 g/mol. The molecule has 1 aliphatic heterocycles. The summed E-state index contributed by atoms with van der Waals surface area (Å²) < 4.78 is 16.7. The first-order valence-corrected chi connectivity index (χ1v) is 10.0. The Labute approximate surface area is 172 Å². The molecule has 0 spiro atoms. The van der Waals surface area contributed by atoms with Gasteiger partial charge in [-0.3, -0.25) is 4.79 Å². The summed E-state index contributed by atoms with van der Waals surface area (Å²) in [5.41, 5.74) is 0.677. The average molecular weight is 410 g/mol. The van der Waals surface area contributed by atoms with Crippen molar-refractivity contribution in [1.82, 2.24) is 14.5 Å². The van der Waals surface area contributed by atoms with E-state index in [2.05, 4.69) is 16.8 Å². The highest BCUT2D eigenvalue weighted by atomic mass is 19.1. The van der Waals surface area contributed by atoms with Gasteiger partial charge in [-0.15, -0.1) is 0 Å². The van der Waals surface area contributed by atoms with Gasteiger partial charge < -0.3 is 19.5 Å². The number of fused-ring (bicyclic) bond motifs is 2. The van der Waals surface area contributed by atoms with Gasteiger partial charge in [-0.25, -0.2) is 14.2 Å². The number of nitrogens with zero attached hydrogens (tertiary/aromatic N) is 4. The maximum atomic E-state index is 14.9. The Morgan fingerprint density at radius 3 is 2.57 bits per heavy atom. The topological polar surface area (TPSA) is 78.7 Å². The summed E-state index contributed by atoms with van der Waals surface area (Å²) in [7, 11) is 4.04. The third kappa shape index (κ3) is 2.78. The van der Waals surface area contributed by atoms with Crippen molar-refractivity contribution in [2.24, 2.45) is 0 Å². The second kappa shape index (κ2) is 6.25. The van der Waals surface area contributed by atoms with E-state index in [1.54, 1.807) is 16.7 Å². The lowest BCUT2D eigenvalue weighted by Gasteiger charge is -2.53. The van der Waals surface area contributed by atoms with E-state index in [1.807, 2.05) is 19.0 Å². The standard InChI is InChI=1S/C22H23FN4O3/c1-22(25(2)3)10-26(11-22)18-8-17-12(7-16(18)23)6-14-19(28)15(21(29)30)9-27(13-4-5-13)20(14)24-17/h6-9,13H,4-5,10-11H2,1-3H3,(H,29,30). The smallest absolute Gasteiger partial charge is 0.341 e. The molecule has 0 unspecified atom stereocenters. The second-order valence-electron chi connectivity index (χ2n) is 8.92. The molecule has 8 heteroatoms. The number of carboxylic acid groups (broad SMARTS) is 1. The molecule has 3 heterocycles. The largest absolute Gasteiger partial charge is 0.477 e. The molecule has 0 amide bonds.